The number of pyridine rings is 1. The zero-order valence-corrected chi connectivity index (χ0v) is 25.4. The number of hydrogen-bond donors (Lipinski definition) is 0. The Morgan fingerprint density at radius 1 is 0.667 bits per heavy atom. The molecule has 216 valence electrons. The number of fused-ring (bicyclic) bond motifs is 6. The molecule has 1 aliphatic rings. The lowest BCUT2D eigenvalue weighted by Crippen LogP contribution is -2.22. The molecule has 7 heteroatoms. The zero-order valence-electron chi connectivity index (χ0n) is 24.6. The molecule has 0 amide bonds. The predicted molar refractivity (Wildman–Crippen MR) is 190 cm³/mol. The van der Waals surface area contributed by atoms with E-state index in [1.54, 1.807) is 0 Å². The minimum atomic E-state index is 0.714. The molecule has 0 radical (unpaired) electrons. The highest BCUT2D eigenvalue weighted by Gasteiger charge is 2.22. The van der Waals surface area contributed by atoms with Crippen molar-refractivity contribution in [1.82, 2.24) is 14.5 Å². The van der Waals surface area contributed by atoms with Gasteiger partial charge in [-0.05, 0) is 60.7 Å². The Hall–Kier alpha value is -5.66. The summed E-state index contributed by atoms with van der Waals surface area (Å²) in [6.45, 7) is 0.714. The Labute approximate surface area is 264 Å². The van der Waals surface area contributed by atoms with Crippen molar-refractivity contribution in [2.75, 3.05) is 23.6 Å². The third-order valence-corrected chi connectivity index (χ3v) is 9.76. The van der Waals surface area contributed by atoms with Crippen LogP contribution >= 0.6 is 11.3 Å². The first-order valence-corrected chi connectivity index (χ1v) is 15.8. The first kappa shape index (κ1) is 25.8. The molecule has 6 nitrogen and oxygen atoms in total. The summed E-state index contributed by atoms with van der Waals surface area (Å²) in [5.74, 6) is 0.900. The number of thiophene rings is 1. The van der Waals surface area contributed by atoms with Crippen LogP contribution in [0.4, 0.5) is 22.7 Å². The summed E-state index contributed by atoms with van der Waals surface area (Å²) in [5.41, 5.74) is 6.59. The Morgan fingerprint density at radius 2 is 1.44 bits per heavy atom. The molecule has 0 atom stereocenters. The van der Waals surface area contributed by atoms with Gasteiger partial charge in [-0.1, -0.05) is 66.7 Å². The Morgan fingerprint density at radius 3 is 2.31 bits per heavy atom. The monoisotopic (exact) mass is 600 g/mol. The molecule has 0 saturated carbocycles. The van der Waals surface area contributed by atoms with E-state index in [4.69, 9.17) is 4.98 Å². The molecule has 3 aromatic heterocycles. The average Bonchev–Trinajstić information content (AvgIpc) is 3.79. The van der Waals surface area contributed by atoms with Gasteiger partial charge in [0, 0.05) is 50.9 Å². The second-order valence-electron chi connectivity index (χ2n) is 11.4. The van der Waals surface area contributed by atoms with E-state index in [1.807, 2.05) is 48.1 Å². The third kappa shape index (κ3) is 4.16. The molecule has 4 heterocycles. The zero-order chi connectivity index (χ0) is 29.9. The van der Waals surface area contributed by atoms with Crippen molar-refractivity contribution in [3.63, 3.8) is 0 Å². The van der Waals surface area contributed by atoms with E-state index in [9.17, 15) is 0 Å². The summed E-state index contributed by atoms with van der Waals surface area (Å²) >= 11 is 1.85. The normalized spacial score (nSPS) is 13.2. The predicted octanol–water partition coefficient (Wildman–Crippen LogP) is 9.67. The van der Waals surface area contributed by atoms with Gasteiger partial charge < -0.3 is 9.80 Å². The second kappa shape index (κ2) is 10.2. The van der Waals surface area contributed by atoms with Gasteiger partial charge in [0.25, 0.3) is 0 Å². The molecular weight excluding hydrogens is 573 g/mol. The van der Waals surface area contributed by atoms with Gasteiger partial charge in [0.1, 0.15) is 18.8 Å². The van der Waals surface area contributed by atoms with Crippen molar-refractivity contribution < 1.29 is 0 Å². The van der Waals surface area contributed by atoms with Crippen molar-refractivity contribution in [3.05, 3.63) is 134 Å². The van der Waals surface area contributed by atoms with Crippen molar-refractivity contribution in [2.24, 2.45) is 5.10 Å². The van der Waals surface area contributed by atoms with E-state index < -0.39 is 0 Å². The summed E-state index contributed by atoms with van der Waals surface area (Å²) in [5, 5.41) is 11.6. The topological polar surface area (TPSA) is 39.9 Å². The molecule has 0 unspecified atom stereocenters. The number of anilines is 4. The van der Waals surface area contributed by atoms with Gasteiger partial charge >= 0.3 is 0 Å². The van der Waals surface area contributed by atoms with Crippen LogP contribution in [0.1, 0.15) is 0 Å². The summed E-state index contributed by atoms with van der Waals surface area (Å²) in [6, 6.07) is 45.5. The minimum Gasteiger partial charge on any atom is -0.345 e. The Balaban J connectivity index is 1.32. The van der Waals surface area contributed by atoms with Crippen LogP contribution in [0, 0.1) is 0 Å². The van der Waals surface area contributed by atoms with Crippen LogP contribution < -0.4 is 9.91 Å². The number of aromatic nitrogens is 2. The van der Waals surface area contributed by atoms with E-state index >= 15 is 0 Å². The molecule has 0 N–H and O–H groups in total. The number of para-hydroxylation sites is 1. The van der Waals surface area contributed by atoms with Crippen LogP contribution in [-0.2, 0) is 0 Å². The maximum Gasteiger partial charge on any atom is 0.137 e. The molecule has 9 rings (SSSR count). The molecule has 5 aromatic carbocycles. The largest absolute Gasteiger partial charge is 0.345 e. The van der Waals surface area contributed by atoms with Crippen LogP contribution in [0.15, 0.2) is 139 Å². The summed E-state index contributed by atoms with van der Waals surface area (Å²) in [4.78, 5) is 9.24. The number of nitrogens with zero attached hydrogens (tertiary/aromatic N) is 6. The maximum atomic E-state index is 4.77. The number of hydrazone groups is 1. The molecule has 8 aromatic rings. The van der Waals surface area contributed by atoms with Crippen LogP contribution in [0.5, 0.6) is 0 Å². The molecule has 45 heavy (non-hydrogen) atoms. The summed E-state index contributed by atoms with van der Waals surface area (Å²) < 4.78 is 4.82. The van der Waals surface area contributed by atoms with E-state index in [0.717, 1.165) is 39.6 Å². The SMILES string of the molecule is CN1C=NN(c2cccc(N(c3ccc4c5ccccc5n(-c5ccccn5)c4c3)c3cccc4c3sc3ccccc34)c2)C1. The lowest BCUT2D eigenvalue weighted by atomic mass is 10.1. The van der Waals surface area contributed by atoms with Gasteiger partial charge in [-0.15, -0.1) is 11.3 Å². The van der Waals surface area contributed by atoms with Crippen LogP contribution in [0.3, 0.4) is 0 Å². The van der Waals surface area contributed by atoms with Crippen molar-refractivity contribution in [2.45, 2.75) is 0 Å². The standard InChI is InChI=1S/C38H28N6S/c1-41-24-40-42(25-41)26-10-8-11-27(22-26)43(34-16-9-14-32-31-13-3-5-17-36(31)45-38(32)34)28-19-20-30-29-12-2-4-15-33(29)44(35(30)23-28)37-18-6-7-21-39-37/h2-24H,25H2,1H3. The molecule has 0 saturated heterocycles. The average molecular weight is 601 g/mol. The van der Waals surface area contributed by atoms with Gasteiger partial charge in [-0.3, -0.25) is 4.57 Å². The van der Waals surface area contributed by atoms with Crippen molar-refractivity contribution >= 4 is 82.4 Å². The molecule has 0 fully saturated rings. The van der Waals surface area contributed by atoms with Gasteiger partial charge in [0.05, 0.1) is 27.1 Å². The Kier molecular flexibility index (Phi) is 5.86. The number of hydrogen-bond acceptors (Lipinski definition) is 6. The van der Waals surface area contributed by atoms with E-state index in [2.05, 4.69) is 135 Å². The number of benzene rings is 5. The van der Waals surface area contributed by atoms with Crippen molar-refractivity contribution in [3.8, 4) is 5.82 Å². The van der Waals surface area contributed by atoms with E-state index in [0.29, 0.717) is 6.67 Å². The highest BCUT2D eigenvalue weighted by atomic mass is 32.1. The van der Waals surface area contributed by atoms with Crippen LogP contribution in [0.25, 0.3) is 47.8 Å². The Bertz CT molecular complexity index is 2410. The minimum absolute atomic E-state index is 0.714. The first-order valence-electron chi connectivity index (χ1n) is 15.0. The highest BCUT2D eigenvalue weighted by molar-refractivity contribution is 7.26. The maximum absolute atomic E-state index is 4.77. The number of rotatable bonds is 5. The summed E-state index contributed by atoms with van der Waals surface area (Å²) in [6.07, 6.45) is 3.73. The fraction of sp³-hybridized carbons (Fsp3) is 0.0526. The highest BCUT2D eigenvalue weighted by Crippen LogP contribution is 2.46. The van der Waals surface area contributed by atoms with Gasteiger partial charge in [0.2, 0.25) is 0 Å². The lowest BCUT2D eigenvalue weighted by molar-refractivity contribution is 0.549. The van der Waals surface area contributed by atoms with Crippen molar-refractivity contribution in [1.29, 1.82) is 0 Å². The second-order valence-corrected chi connectivity index (χ2v) is 12.4. The molecule has 1 aliphatic heterocycles. The fourth-order valence-electron chi connectivity index (χ4n) is 6.54. The molecule has 0 spiro atoms. The van der Waals surface area contributed by atoms with Crippen LogP contribution in [-0.4, -0.2) is 34.5 Å². The van der Waals surface area contributed by atoms with Crippen LogP contribution in [0.2, 0.25) is 0 Å². The molecule has 0 bridgehead atoms. The summed E-state index contributed by atoms with van der Waals surface area (Å²) in [7, 11) is 2.04. The third-order valence-electron chi connectivity index (χ3n) is 8.55. The molecule has 0 aliphatic carbocycles. The fourth-order valence-corrected chi connectivity index (χ4v) is 7.75. The molecular formula is C38H28N6S. The van der Waals surface area contributed by atoms with Gasteiger partial charge in [-0.2, -0.15) is 5.10 Å². The van der Waals surface area contributed by atoms with Gasteiger partial charge in [0.15, 0.2) is 0 Å². The van der Waals surface area contributed by atoms with E-state index in [-0.39, 0.29) is 0 Å². The quantitative estimate of drug-likeness (QED) is 0.197. The smallest absolute Gasteiger partial charge is 0.137 e. The van der Waals surface area contributed by atoms with Gasteiger partial charge in [-0.25, -0.2) is 9.99 Å². The van der Waals surface area contributed by atoms with E-state index in [1.165, 1.54) is 30.9 Å². The lowest BCUT2D eigenvalue weighted by Gasteiger charge is -2.27. The first-order chi connectivity index (χ1) is 22.2.